The lowest BCUT2D eigenvalue weighted by atomic mass is 10.0. The summed E-state index contributed by atoms with van der Waals surface area (Å²) in [6.07, 6.45) is 3.65. The molecular weight excluding hydrogens is 152 g/mol. The first-order chi connectivity index (χ1) is 5.77. The van der Waals surface area contributed by atoms with Crippen LogP contribution >= 0.6 is 0 Å². The fourth-order valence-corrected chi connectivity index (χ4v) is 1.27. The first-order valence-electron chi connectivity index (χ1n) is 3.79. The van der Waals surface area contributed by atoms with E-state index in [-0.39, 0.29) is 5.78 Å². The Morgan fingerprint density at radius 2 is 2.33 bits per heavy atom. The lowest BCUT2D eigenvalue weighted by molar-refractivity contribution is 0.0999. The number of nitrogens with zero attached hydrogens (tertiary/aromatic N) is 2. The summed E-state index contributed by atoms with van der Waals surface area (Å²) in [5, 5.41) is 0. The van der Waals surface area contributed by atoms with Crippen molar-refractivity contribution in [1.82, 2.24) is 4.98 Å². The Bertz CT molecular complexity index is 369. The summed E-state index contributed by atoms with van der Waals surface area (Å²) in [6, 6.07) is 1.76. The lowest BCUT2D eigenvalue weighted by Gasteiger charge is -2.10. The number of rotatable bonds is 0. The molecule has 0 unspecified atom stereocenters. The number of fused-ring (bicyclic) bond motifs is 1. The maximum atomic E-state index is 11.4. The fraction of sp³-hybridized carbons (Fsp3) is 0.222. The number of hydrogen-bond acceptors (Lipinski definition) is 3. The van der Waals surface area contributed by atoms with Gasteiger partial charge in [-0.25, -0.2) is 0 Å². The van der Waals surface area contributed by atoms with Crippen LogP contribution in [0.25, 0.3) is 0 Å². The van der Waals surface area contributed by atoms with Gasteiger partial charge in [-0.05, 0) is 13.0 Å². The van der Waals surface area contributed by atoms with Gasteiger partial charge in [0.25, 0.3) is 0 Å². The molecule has 0 aliphatic carbocycles. The second-order valence-corrected chi connectivity index (χ2v) is 2.84. The van der Waals surface area contributed by atoms with E-state index in [1.54, 1.807) is 18.5 Å². The quantitative estimate of drug-likeness (QED) is 0.580. The van der Waals surface area contributed by atoms with Crippen molar-refractivity contribution in [3.8, 4) is 0 Å². The van der Waals surface area contributed by atoms with E-state index in [1.807, 2.05) is 6.92 Å². The van der Waals surface area contributed by atoms with Crippen LogP contribution in [0.1, 0.15) is 23.7 Å². The van der Waals surface area contributed by atoms with Gasteiger partial charge in [0.1, 0.15) is 0 Å². The second kappa shape index (κ2) is 2.52. The van der Waals surface area contributed by atoms with Crippen molar-refractivity contribution in [2.24, 2.45) is 4.99 Å². The van der Waals surface area contributed by atoms with Gasteiger partial charge >= 0.3 is 0 Å². The van der Waals surface area contributed by atoms with Gasteiger partial charge < -0.3 is 0 Å². The molecule has 0 radical (unpaired) electrons. The van der Waals surface area contributed by atoms with Crippen LogP contribution in [0.4, 0.5) is 5.69 Å². The Balaban J connectivity index is 2.62. The first kappa shape index (κ1) is 7.16. The molecule has 0 spiro atoms. The molecule has 3 nitrogen and oxygen atoms in total. The lowest BCUT2D eigenvalue weighted by Crippen LogP contribution is -2.10. The van der Waals surface area contributed by atoms with Crippen LogP contribution in [0.3, 0.4) is 0 Å². The third kappa shape index (κ3) is 1.03. The Morgan fingerprint density at radius 1 is 1.50 bits per heavy atom. The van der Waals surface area contributed by atoms with Gasteiger partial charge in [-0.3, -0.25) is 14.8 Å². The minimum Gasteiger partial charge on any atom is -0.294 e. The monoisotopic (exact) mass is 160 g/mol. The molecule has 3 heteroatoms. The Kier molecular flexibility index (Phi) is 1.50. The molecule has 0 aromatic carbocycles. The first-order valence-corrected chi connectivity index (χ1v) is 3.79. The van der Waals surface area contributed by atoms with Gasteiger partial charge in [0.15, 0.2) is 5.78 Å². The van der Waals surface area contributed by atoms with E-state index < -0.39 is 0 Å². The predicted molar refractivity (Wildman–Crippen MR) is 46.0 cm³/mol. The Hall–Kier alpha value is -1.51. The zero-order chi connectivity index (χ0) is 8.55. The average molecular weight is 160 g/mol. The highest BCUT2D eigenvalue weighted by atomic mass is 16.1. The van der Waals surface area contributed by atoms with E-state index in [2.05, 4.69) is 9.98 Å². The smallest absolute Gasteiger partial charge is 0.172 e. The van der Waals surface area contributed by atoms with Gasteiger partial charge in [-0.1, -0.05) is 0 Å². The summed E-state index contributed by atoms with van der Waals surface area (Å²) in [4.78, 5) is 19.5. The fourth-order valence-electron chi connectivity index (χ4n) is 1.27. The van der Waals surface area contributed by atoms with Crippen molar-refractivity contribution in [2.45, 2.75) is 13.3 Å². The molecule has 0 amide bonds. The maximum absolute atomic E-state index is 11.4. The van der Waals surface area contributed by atoms with Crippen molar-refractivity contribution in [1.29, 1.82) is 0 Å². The highest BCUT2D eigenvalue weighted by Crippen LogP contribution is 2.23. The molecule has 0 atom stereocenters. The molecule has 1 aromatic rings. The highest BCUT2D eigenvalue weighted by molar-refractivity contribution is 6.14. The molecule has 0 bridgehead atoms. The summed E-state index contributed by atoms with van der Waals surface area (Å²) in [5.41, 5.74) is 2.26. The van der Waals surface area contributed by atoms with Gasteiger partial charge in [-0.15, -0.1) is 0 Å². The van der Waals surface area contributed by atoms with Gasteiger partial charge in [0.2, 0.25) is 0 Å². The van der Waals surface area contributed by atoms with Crippen LogP contribution in [-0.2, 0) is 0 Å². The van der Waals surface area contributed by atoms with Crippen LogP contribution in [0.5, 0.6) is 0 Å². The van der Waals surface area contributed by atoms with Gasteiger partial charge in [0.05, 0.1) is 11.3 Å². The van der Waals surface area contributed by atoms with Crippen LogP contribution in [0, 0.1) is 0 Å². The summed E-state index contributed by atoms with van der Waals surface area (Å²) in [7, 11) is 0. The number of hydrogen-bond donors (Lipinski definition) is 0. The van der Waals surface area contributed by atoms with Crippen LogP contribution < -0.4 is 0 Å². The molecule has 2 rings (SSSR count). The molecule has 0 fully saturated rings. The molecule has 0 saturated carbocycles. The minimum atomic E-state index is 0.116. The Morgan fingerprint density at radius 3 is 3.17 bits per heavy atom. The molecule has 1 aliphatic rings. The molecule has 0 saturated heterocycles. The summed E-state index contributed by atoms with van der Waals surface area (Å²) in [5.74, 6) is 0.116. The predicted octanol–water partition coefficient (Wildman–Crippen LogP) is 1.76. The molecule has 0 N–H and O–H groups in total. The topological polar surface area (TPSA) is 42.3 Å². The molecule has 60 valence electrons. The standard InChI is InChI=1S/C9H8N2O/c1-6-4-9(12)7-5-10-3-2-8(7)11-6/h2-3,5H,4H2,1H3. The zero-order valence-corrected chi connectivity index (χ0v) is 6.74. The van der Waals surface area contributed by atoms with Crippen molar-refractivity contribution in [3.05, 3.63) is 24.0 Å². The summed E-state index contributed by atoms with van der Waals surface area (Å²) < 4.78 is 0. The third-order valence-corrected chi connectivity index (χ3v) is 1.83. The van der Waals surface area contributed by atoms with E-state index in [0.29, 0.717) is 12.0 Å². The SMILES string of the molecule is CC1=Nc2ccncc2C(=O)C1. The van der Waals surface area contributed by atoms with Crippen molar-refractivity contribution < 1.29 is 4.79 Å². The van der Waals surface area contributed by atoms with E-state index in [9.17, 15) is 4.79 Å². The number of carbonyl (C=O) groups excluding carboxylic acids is 1. The third-order valence-electron chi connectivity index (χ3n) is 1.83. The minimum absolute atomic E-state index is 0.116. The average Bonchev–Trinajstić information content (AvgIpc) is 2.04. The number of aromatic nitrogens is 1. The molecule has 1 aromatic heterocycles. The zero-order valence-electron chi connectivity index (χ0n) is 6.74. The second-order valence-electron chi connectivity index (χ2n) is 2.84. The van der Waals surface area contributed by atoms with Crippen molar-refractivity contribution in [2.75, 3.05) is 0 Å². The van der Waals surface area contributed by atoms with E-state index in [0.717, 1.165) is 11.4 Å². The molecule has 2 heterocycles. The molecular formula is C9H8N2O. The number of pyridine rings is 1. The summed E-state index contributed by atoms with van der Waals surface area (Å²) >= 11 is 0. The normalized spacial score (nSPS) is 15.4. The summed E-state index contributed by atoms with van der Waals surface area (Å²) in [6.45, 7) is 1.86. The van der Waals surface area contributed by atoms with E-state index in [1.165, 1.54) is 0 Å². The Labute approximate surface area is 70.2 Å². The number of Topliss-reactive ketones (excluding diaryl/α,β-unsaturated/α-hetero) is 1. The van der Waals surface area contributed by atoms with Gasteiger partial charge in [0, 0.05) is 24.5 Å². The number of ketones is 1. The van der Waals surface area contributed by atoms with Crippen molar-refractivity contribution in [3.63, 3.8) is 0 Å². The van der Waals surface area contributed by atoms with Crippen molar-refractivity contribution >= 4 is 17.2 Å². The van der Waals surface area contributed by atoms with Crippen LogP contribution in [0.15, 0.2) is 23.5 Å². The largest absolute Gasteiger partial charge is 0.294 e. The maximum Gasteiger partial charge on any atom is 0.172 e. The van der Waals surface area contributed by atoms with Crippen LogP contribution in [-0.4, -0.2) is 16.5 Å². The van der Waals surface area contributed by atoms with E-state index >= 15 is 0 Å². The van der Waals surface area contributed by atoms with Crippen LogP contribution in [0.2, 0.25) is 0 Å². The van der Waals surface area contributed by atoms with Gasteiger partial charge in [-0.2, -0.15) is 0 Å². The number of carbonyl (C=O) groups is 1. The van der Waals surface area contributed by atoms with E-state index in [4.69, 9.17) is 0 Å². The molecule has 1 aliphatic heterocycles. The highest BCUT2D eigenvalue weighted by Gasteiger charge is 2.16. The number of aliphatic imine (C=N–C) groups is 1. The molecule has 12 heavy (non-hydrogen) atoms.